The van der Waals surface area contributed by atoms with Crippen molar-refractivity contribution in [3.63, 3.8) is 0 Å². The number of nitrogens with zero attached hydrogens (tertiary/aromatic N) is 3. The van der Waals surface area contributed by atoms with Crippen molar-refractivity contribution in [2.24, 2.45) is 0 Å². The predicted octanol–water partition coefficient (Wildman–Crippen LogP) is 2.18. The Hall–Kier alpha value is -1.09. The van der Waals surface area contributed by atoms with Gasteiger partial charge < -0.3 is 9.80 Å². The highest BCUT2D eigenvalue weighted by atomic mass is 15.1. The summed E-state index contributed by atoms with van der Waals surface area (Å²) in [6, 6.07) is 4.28. The van der Waals surface area contributed by atoms with E-state index in [0.717, 1.165) is 19.5 Å². The monoisotopic (exact) mass is 233 g/mol. The van der Waals surface area contributed by atoms with Crippen molar-refractivity contribution < 1.29 is 0 Å². The lowest BCUT2D eigenvalue weighted by Gasteiger charge is -2.25. The summed E-state index contributed by atoms with van der Waals surface area (Å²) >= 11 is 0. The predicted molar refractivity (Wildman–Crippen MR) is 72.6 cm³/mol. The molecule has 1 aliphatic heterocycles. The highest BCUT2D eigenvalue weighted by Crippen LogP contribution is 2.24. The molecule has 1 aromatic rings. The lowest BCUT2D eigenvalue weighted by atomic mass is 10.2. The zero-order valence-corrected chi connectivity index (χ0v) is 11.0. The van der Waals surface area contributed by atoms with E-state index in [1.807, 2.05) is 6.20 Å². The van der Waals surface area contributed by atoms with Gasteiger partial charge in [0.05, 0.1) is 11.4 Å². The topological polar surface area (TPSA) is 19.4 Å². The molecule has 0 aromatic carbocycles. The van der Waals surface area contributed by atoms with Gasteiger partial charge >= 0.3 is 0 Å². The molecule has 0 amide bonds. The average Bonchev–Trinajstić information content (AvgIpc) is 2.52. The van der Waals surface area contributed by atoms with Crippen LogP contribution in [-0.2, 0) is 6.42 Å². The van der Waals surface area contributed by atoms with Crippen LogP contribution in [0.15, 0.2) is 18.3 Å². The fourth-order valence-corrected chi connectivity index (χ4v) is 2.44. The van der Waals surface area contributed by atoms with Crippen LogP contribution in [0.5, 0.6) is 0 Å². The molecule has 0 spiro atoms. The Bertz CT molecular complexity index is 349. The van der Waals surface area contributed by atoms with Crippen LogP contribution < -0.4 is 4.90 Å². The van der Waals surface area contributed by atoms with Gasteiger partial charge in [0.15, 0.2) is 0 Å². The van der Waals surface area contributed by atoms with Crippen molar-refractivity contribution in [3.05, 3.63) is 24.0 Å². The van der Waals surface area contributed by atoms with Gasteiger partial charge in [-0.3, -0.25) is 4.98 Å². The normalized spacial score (nSPS) is 15.8. The third-order valence-corrected chi connectivity index (χ3v) is 3.33. The number of aryl methyl sites for hydroxylation is 1. The van der Waals surface area contributed by atoms with Crippen molar-refractivity contribution in [1.29, 1.82) is 0 Å². The summed E-state index contributed by atoms with van der Waals surface area (Å²) < 4.78 is 0. The lowest BCUT2D eigenvalue weighted by molar-refractivity contribution is 0.400. The molecule has 94 valence electrons. The summed E-state index contributed by atoms with van der Waals surface area (Å²) in [5.41, 5.74) is 2.65. The first-order valence-corrected chi connectivity index (χ1v) is 6.61. The van der Waals surface area contributed by atoms with E-state index in [2.05, 4.69) is 41.0 Å². The first kappa shape index (κ1) is 12.4. The highest BCUT2D eigenvalue weighted by Gasteiger charge is 2.15. The van der Waals surface area contributed by atoms with E-state index in [4.69, 9.17) is 0 Å². The molecule has 17 heavy (non-hydrogen) atoms. The van der Waals surface area contributed by atoms with Crippen molar-refractivity contribution in [2.45, 2.75) is 25.7 Å². The van der Waals surface area contributed by atoms with Crippen molar-refractivity contribution >= 4 is 5.69 Å². The van der Waals surface area contributed by atoms with Gasteiger partial charge in [-0.2, -0.15) is 0 Å². The summed E-state index contributed by atoms with van der Waals surface area (Å²) in [5.74, 6) is 0. The van der Waals surface area contributed by atoms with Crippen LogP contribution in [0.25, 0.3) is 0 Å². The van der Waals surface area contributed by atoms with Gasteiger partial charge in [-0.05, 0) is 58.5 Å². The second kappa shape index (κ2) is 6.01. The third-order valence-electron chi connectivity index (χ3n) is 3.33. The van der Waals surface area contributed by atoms with Gasteiger partial charge in [0, 0.05) is 19.3 Å². The summed E-state index contributed by atoms with van der Waals surface area (Å²) in [6.07, 6.45) is 6.84. The van der Waals surface area contributed by atoms with E-state index in [-0.39, 0.29) is 0 Å². The molecule has 0 atom stereocenters. The van der Waals surface area contributed by atoms with Crippen molar-refractivity contribution in [2.75, 3.05) is 38.6 Å². The molecule has 3 heteroatoms. The van der Waals surface area contributed by atoms with Gasteiger partial charge in [-0.15, -0.1) is 0 Å². The maximum absolute atomic E-state index is 4.52. The van der Waals surface area contributed by atoms with E-state index in [1.165, 1.54) is 37.2 Å². The highest BCUT2D eigenvalue weighted by molar-refractivity contribution is 5.51. The summed E-state index contributed by atoms with van der Waals surface area (Å²) in [4.78, 5) is 9.29. The Labute approximate surface area is 104 Å². The van der Waals surface area contributed by atoms with Crippen LogP contribution in [0.1, 0.15) is 25.0 Å². The Kier molecular flexibility index (Phi) is 4.37. The first-order valence-electron chi connectivity index (χ1n) is 6.61. The number of anilines is 1. The number of rotatable bonds is 4. The van der Waals surface area contributed by atoms with Gasteiger partial charge in [0.2, 0.25) is 0 Å². The minimum atomic E-state index is 1.14. The molecule has 0 unspecified atom stereocenters. The van der Waals surface area contributed by atoms with Gasteiger partial charge in [-0.1, -0.05) is 0 Å². The Morgan fingerprint density at radius 2 is 2.24 bits per heavy atom. The van der Waals surface area contributed by atoms with E-state index in [0.29, 0.717) is 0 Å². The quantitative estimate of drug-likeness (QED) is 0.794. The van der Waals surface area contributed by atoms with Crippen LogP contribution in [0, 0.1) is 0 Å². The zero-order chi connectivity index (χ0) is 12.1. The van der Waals surface area contributed by atoms with E-state index in [9.17, 15) is 0 Å². The van der Waals surface area contributed by atoms with Crippen LogP contribution in [0.3, 0.4) is 0 Å². The molecule has 0 fully saturated rings. The largest absolute Gasteiger partial charge is 0.370 e. The van der Waals surface area contributed by atoms with E-state index in [1.54, 1.807) is 0 Å². The molecule has 0 aliphatic carbocycles. The molecule has 0 radical (unpaired) electrons. The number of aromatic nitrogens is 1. The average molecular weight is 233 g/mol. The lowest BCUT2D eigenvalue weighted by Crippen LogP contribution is -2.28. The van der Waals surface area contributed by atoms with Crippen LogP contribution in [-0.4, -0.2) is 43.6 Å². The number of hydrogen-bond donors (Lipinski definition) is 0. The molecule has 1 aromatic heterocycles. The SMILES string of the molecule is CN(C)CCCN1CCCCc2ncccc21. The van der Waals surface area contributed by atoms with Crippen LogP contribution in [0.2, 0.25) is 0 Å². The number of pyridine rings is 1. The van der Waals surface area contributed by atoms with Gasteiger partial charge in [-0.25, -0.2) is 0 Å². The molecule has 1 aliphatic rings. The van der Waals surface area contributed by atoms with E-state index < -0.39 is 0 Å². The number of hydrogen-bond acceptors (Lipinski definition) is 3. The van der Waals surface area contributed by atoms with Crippen LogP contribution >= 0.6 is 0 Å². The fraction of sp³-hybridized carbons (Fsp3) is 0.643. The molecule has 0 saturated heterocycles. The first-order chi connectivity index (χ1) is 8.27. The van der Waals surface area contributed by atoms with Crippen LogP contribution in [0.4, 0.5) is 5.69 Å². The van der Waals surface area contributed by atoms with Gasteiger partial charge in [0.25, 0.3) is 0 Å². The second-order valence-corrected chi connectivity index (χ2v) is 5.07. The smallest absolute Gasteiger partial charge is 0.0636 e. The zero-order valence-electron chi connectivity index (χ0n) is 11.0. The van der Waals surface area contributed by atoms with E-state index >= 15 is 0 Å². The van der Waals surface area contributed by atoms with Gasteiger partial charge in [0.1, 0.15) is 0 Å². The second-order valence-electron chi connectivity index (χ2n) is 5.07. The molecular weight excluding hydrogens is 210 g/mol. The molecule has 2 heterocycles. The standard InChI is InChI=1S/C14H23N3/c1-16(2)10-6-12-17-11-4-3-7-13-14(17)8-5-9-15-13/h5,8-9H,3-4,6-7,10-12H2,1-2H3. The summed E-state index contributed by atoms with van der Waals surface area (Å²) in [7, 11) is 4.27. The Morgan fingerprint density at radius 1 is 1.35 bits per heavy atom. The summed E-state index contributed by atoms with van der Waals surface area (Å²) in [5, 5.41) is 0. The Morgan fingerprint density at radius 3 is 3.06 bits per heavy atom. The molecule has 2 rings (SSSR count). The maximum Gasteiger partial charge on any atom is 0.0636 e. The molecule has 0 bridgehead atoms. The molecular formula is C14H23N3. The Balaban J connectivity index is 2.01. The minimum Gasteiger partial charge on any atom is -0.370 e. The third kappa shape index (κ3) is 3.43. The summed E-state index contributed by atoms with van der Waals surface area (Å²) in [6.45, 7) is 3.50. The fourth-order valence-electron chi connectivity index (χ4n) is 2.44. The molecule has 3 nitrogen and oxygen atoms in total. The number of fused-ring (bicyclic) bond motifs is 1. The molecule has 0 N–H and O–H groups in total. The van der Waals surface area contributed by atoms with Crippen molar-refractivity contribution in [3.8, 4) is 0 Å². The maximum atomic E-state index is 4.52. The minimum absolute atomic E-state index is 1.14. The molecule has 0 saturated carbocycles. The van der Waals surface area contributed by atoms with Crippen molar-refractivity contribution in [1.82, 2.24) is 9.88 Å².